The highest BCUT2D eigenvalue weighted by Gasteiger charge is 2.13. The number of aliphatic imine (C=N–C) groups is 1. The third-order valence-electron chi connectivity index (χ3n) is 2.39. The molecule has 0 spiro atoms. The van der Waals surface area contributed by atoms with E-state index in [0.29, 0.717) is 16.3 Å². The lowest BCUT2D eigenvalue weighted by molar-refractivity contribution is 0.393. The third kappa shape index (κ3) is 2.33. The van der Waals surface area contributed by atoms with Crippen molar-refractivity contribution in [2.45, 2.75) is 0 Å². The van der Waals surface area contributed by atoms with E-state index in [0.717, 1.165) is 5.70 Å². The topological polar surface area (TPSA) is 47.9 Å². The van der Waals surface area contributed by atoms with E-state index in [4.69, 9.17) is 11.6 Å². The largest absolute Gasteiger partial charge is 0.507 e. The summed E-state index contributed by atoms with van der Waals surface area (Å²) < 4.78 is 0. The molecule has 4 nitrogen and oxygen atoms in total. The van der Waals surface area contributed by atoms with E-state index >= 15 is 0 Å². The molecule has 0 aromatic heterocycles. The Morgan fingerprint density at radius 1 is 1.47 bits per heavy atom. The Morgan fingerprint density at radius 2 is 2.24 bits per heavy atom. The highest BCUT2D eigenvalue weighted by molar-refractivity contribution is 6.30. The van der Waals surface area contributed by atoms with Gasteiger partial charge in [0.1, 0.15) is 5.75 Å². The number of hydrazine groups is 1. The quantitative estimate of drug-likeness (QED) is 0.846. The maximum atomic E-state index is 9.81. The first-order valence-corrected chi connectivity index (χ1v) is 5.40. The number of hydrogen-bond donors (Lipinski definition) is 2. The number of benzene rings is 1. The smallest absolute Gasteiger partial charge is 0.126 e. The van der Waals surface area contributed by atoms with Gasteiger partial charge in [0.2, 0.25) is 0 Å². The molecule has 1 aliphatic heterocycles. The summed E-state index contributed by atoms with van der Waals surface area (Å²) in [5, 5.41) is 12.0. The summed E-state index contributed by atoms with van der Waals surface area (Å²) in [6.07, 6.45) is 3.38. The maximum absolute atomic E-state index is 9.81. The van der Waals surface area contributed by atoms with Gasteiger partial charge >= 0.3 is 0 Å². The van der Waals surface area contributed by atoms with Gasteiger partial charge in [0, 0.05) is 23.8 Å². The minimum Gasteiger partial charge on any atom is -0.507 e. The predicted molar refractivity (Wildman–Crippen MR) is 69.6 cm³/mol. The molecular formula is C12H12ClN3O. The Hall–Kier alpha value is -1.78. The number of nitrogens with zero attached hydrogens (tertiary/aromatic N) is 2. The molecule has 1 aromatic rings. The molecule has 88 valence electrons. The molecule has 17 heavy (non-hydrogen) atoms. The number of halogens is 1. The van der Waals surface area contributed by atoms with Crippen LogP contribution in [0.25, 0.3) is 5.70 Å². The Bertz CT molecular complexity index is 522. The van der Waals surface area contributed by atoms with Crippen LogP contribution in [0.15, 0.2) is 41.7 Å². The zero-order valence-electron chi connectivity index (χ0n) is 9.31. The molecule has 0 saturated carbocycles. The lowest BCUT2D eigenvalue weighted by Crippen LogP contribution is -2.31. The molecule has 1 aromatic carbocycles. The second kappa shape index (κ2) is 4.61. The number of aromatic hydroxyl groups is 1. The molecule has 0 unspecified atom stereocenters. The van der Waals surface area contributed by atoms with Crippen LogP contribution in [0.1, 0.15) is 5.56 Å². The number of rotatable bonds is 2. The average Bonchev–Trinajstić information content (AvgIpc) is 2.30. The van der Waals surface area contributed by atoms with E-state index in [1.54, 1.807) is 36.6 Å². The van der Waals surface area contributed by atoms with Crippen LogP contribution in [0.5, 0.6) is 5.75 Å². The summed E-state index contributed by atoms with van der Waals surface area (Å²) >= 11 is 5.78. The molecule has 0 saturated heterocycles. The predicted octanol–water partition coefficient (Wildman–Crippen LogP) is 2.38. The minimum atomic E-state index is 0.101. The van der Waals surface area contributed by atoms with E-state index in [-0.39, 0.29) is 5.75 Å². The van der Waals surface area contributed by atoms with Crippen molar-refractivity contribution in [3.05, 3.63) is 47.3 Å². The summed E-state index contributed by atoms with van der Waals surface area (Å²) in [5.41, 5.74) is 4.93. The zero-order chi connectivity index (χ0) is 12.4. The first kappa shape index (κ1) is 11.7. The van der Waals surface area contributed by atoms with Gasteiger partial charge in [-0.2, -0.15) is 0 Å². The fourth-order valence-electron chi connectivity index (χ4n) is 1.51. The van der Waals surface area contributed by atoms with Crippen molar-refractivity contribution in [3.8, 4) is 5.75 Å². The van der Waals surface area contributed by atoms with Crippen LogP contribution in [-0.2, 0) is 0 Å². The van der Waals surface area contributed by atoms with Gasteiger partial charge in [-0.1, -0.05) is 18.2 Å². The Balaban J connectivity index is 2.41. The lowest BCUT2D eigenvalue weighted by atomic mass is 10.1. The Labute approximate surface area is 105 Å². The molecule has 0 amide bonds. The van der Waals surface area contributed by atoms with Crippen molar-refractivity contribution < 1.29 is 5.11 Å². The molecule has 1 aliphatic rings. The number of hydrogen-bond acceptors (Lipinski definition) is 4. The first-order valence-electron chi connectivity index (χ1n) is 5.02. The highest BCUT2D eigenvalue weighted by Crippen LogP contribution is 2.30. The van der Waals surface area contributed by atoms with E-state index in [1.165, 1.54) is 6.07 Å². The number of allylic oxidation sites excluding steroid dienone is 1. The van der Waals surface area contributed by atoms with Gasteiger partial charge < -0.3 is 5.11 Å². The number of phenolic OH excluding ortho intramolecular Hbond substituents is 1. The van der Waals surface area contributed by atoms with E-state index in [9.17, 15) is 5.11 Å². The molecule has 5 heteroatoms. The molecular weight excluding hydrogens is 238 g/mol. The summed E-state index contributed by atoms with van der Waals surface area (Å²) in [5.74, 6) is 0.101. The molecule has 2 rings (SSSR count). The van der Waals surface area contributed by atoms with Crippen molar-refractivity contribution in [2.24, 2.45) is 4.99 Å². The van der Waals surface area contributed by atoms with Crippen molar-refractivity contribution in [3.63, 3.8) is 0 Å². The van der Waals surface area contributed by atoms with Crippen molar-refractivity contribution in [2.75, 3.05) is 7.05 Å². The van der Waals surface area contributed by atoms with Crippen LogP contribution in [-0.4, -0.2) is 23.4 Å². The van der Waals surface area contributed by atoms with Gasteiger partial charge in [-0.3, -0.25) is 10.0 Å². The molecule has 0 fully saturated rings. The summed E-state index contributed by atoms with van der Waals surface area (Å²) in [6.45, 7) is 3.82. The standard InChI is InChI=1S/C12H12ClN3O/c1-8-6-15-11(7-16(8)14-2)10-4-3-9(13)5-12(10)17/h3-7,14,17H,1H2,2H3. The van der Waals surface area contributed by atoms with Crippen molar-refractivity contribution in [1.29, 1.82) is 0 Å². The second-order valence-corrected chi connectivity index (χ2v) is 3.96. The Kier molecular flexibility index (Phi) is 3.17. The second-order valence-electron chi connectivity index (χ2n) is 3.52. The fraction of sp³-hybridized carbons (Fsp3) is 0.0833. The van der Waals surface area contributed by atoms with E-state index < -0.39 is 0 Å². The SMILES string of the molecule is C=C1C=NC(c2ccc(Cl)cc2O)=CN1NC. The summed E-state index contributed by atoms with van der Waals surface area (Å²) in [6, 6.07) is 4.92. The average molecular weight is 250 g/mol. The van der Waals surface area contributed by atoms with Crippen LogP contribution in [0.3, 0.4) is 0 Å². The van der Waals surface area contributed by atoms with E-state index in [1.807, 2.05) is 0 Å². The van der Waals surface area contributed by atoms with Gasteiger partial charge in [-0.15, -0.1) is 0 Å². The molecule has 0 aliphatic carbocycles. The van der Waals surface area contributed by atoms with Crippen LogP contribution in [0.4, 0.5) is 0 Å². The van der Waals surface area contributed by atoms with Crippen LogP contribution < -0.4 is 5.43 Å². The van der Waals surface area contributed by atoms with Crippen molar-refractivity contribution in [1.82, 2.24) is 10.4 Å². The molecule has 0 atom stereocenters. The normalized spacial score (nSPS) is 15.1. The fourth-order valence-corrected chi connectivity index (χ4v) is 1.68. The highest BCUT2D eigenvalue weighted by atomic mass is 35.5. The van der Waals surface area contributed by atoms with Gasteiger partial charge in [0.05, 0.1) is 17.6 Å². The lowest BCUT2D eigenvalue weighted by Gasteiger charge is -2.23. The molecule has 2 N–H and O–H groups in total. The molecule has 0 bridgehead atoms. The summed E-state index contributed by atoms with van der Waals surface area (Å²) in [7, 11) is 1.78. The zero-order valence-corrected chi connectivity index (χ0v) is 10.1. The maximum Gasteiger partial charge on any atom is 0.126 e. The number of nitrogens with one attached hydrogen (secondary N) is 1. The third-order valence-corrected chi connectivity index (χ3v) is 2.63. The number of phenols is 1. The minimum absolute atomic E-state index is 0.101. The van der Waals surface area contributed by atoms with Crippen LogP contribution >= 0.6 is 11.6 Å². The summed E-state index contributed by atoms with van der Waals surface area (Å²) in [4.78, 5) is 4.22. The van der Waals surface area contributed by atoms with Crippen LogP contribution in [0.2, 0.25) is 5.02 Å². The van der Waals surface area contributed by atoms with Gasteiger partial charge in [0.15, 0.2) is 0 Å². The van der Waals surface area contributed by atoms with Gasteiger partial charge in [-0.05, 0) is 18.2 Å². The molecule has 1 heterocycles. The van der Waals surface area contributed by atoms with Gasteiger partial charge in [0.25, 0.3) is 0 Å². The monoisotopic (exact) mass is 249 g/mol. The van der Waals surface area contributed by atoms with Crippen molar-refractivity contribution >= 4 is 23.5 Å². The Morgan fingerprint density at radius 3 is 2.88 bits per heavy atom. The first-order chi connectivity index (χ1) is 8.11. The van der Waals surface area contributed by atoms with Crippen LogP contribution in [0, 0.1) is 0 Å². The van der Waals surface area contributed by atoms with E-state index in [2.05, 4.69) is 17.0 Å². The molecule has 0 radical (unpaired) electrons. The van der Waals surface area contributed by atoms with Gasteiger partial charge in [-0.25, -0.2) is 5.43 Å².